The molecule has 0 aromatic carbocycles. The SMILES string of the molecule is NCc1cc(Br)cnc1N1CCN2CCCC2C1. The van der Waals surface area contributed by atoms with Gasteiger partial charge in [-0.1, -0.05) is 0 Å². The molecule has 98 valence electrons. The predicted octanol–water partition coefficient (Wildman–Crippen LogP) is 1.59. The Bertz CT molecular complexity index is 437. The van der Waals surface area contributed by atoms with Gasteiger partial charge in [0, 0.05) is 48.5 Å². The zero-order valence-corrected chi connectivity index (χ0v) is 12.1. The maximum Gasteiger partial charge on any atom is 0.133 e. The van der Waals surface area contributed by atoms with Gasteiger partial charge in [0.1, 0.15) is 5.82 Å². The van der Waals surface area contributed by atoms with E-state index in [9.17, 15) is 0 Å². The molecule has 5 heteroatoms. The summed E-state index contributed by atoms with van der Waals surface area (Å²) in [6, 6.07) is 2.80. The van der Waals surface area contributed by atoms with E-state index in [1.165, 1.54) is 19.4 Å². The molecule has 3 rings (SSSR count). The van der Waals surface area contributed by atoms with Crippen molar-refractivity contribution in [2.75, 3.05) is 31.1 Å². The Hall–Kier alpha value is -0.650. The van der Waals surface area contributed by atoms with Crippen LogP contribution in [0.4, 0.5) is 5.82 Å². The Morgan fingerprint density at radius 3 is 3.11 bits per heavy atom. The van der Waals surface area contributed by atoms with Gasteiger partial charge in [-0.3, -0.25) is 4.90 Å². The fourth-order valence-corrected chi connectivity index (χ4v) is 3.47. The molecule has 0 spiro atoms. The number of hydrogen-bond acceptors (Lipinski definition) is 4. The van der Waals surface area contributed by atoms with Crippen LogP contribution in [0.5, 0.6) is 0 Å². The van der Waals surface area contributed by atoms with Crippen molar-refractivity contribution in [1.82, 2.24) is 9.88 Å². The number of hydrogen-bond donors (Lipinski definition) is 1. The second-order valence-electron chi connectivity index (χ2n) is 5.12. The van der Waals surface area contributed by atoms with Gasteiger partial charge in [-0.2, -0.15) is 0 Å². The number of aromatic nitrogens is 1. The summed E-state index contributed by atoms with van der Waals surface area (Å²) in [5, 5.41) is 0. The average Bonchev–Trinajstić information content (AvgIpc) is 2.85. The number of halogens is 1. The van der Waals surface area contributed by atoms with Crippen LogP contribution in [0.25, 0.3) is 0 Å². The lowest BCUT2D eigenvalue weighted by atomic mass is 10.1. The summed E-state index contributed by atoms with van der Waals surface area (Å²) in [5.74, 6) is 1.08. The Morgan fingerprint density at radius 2 is 2.28 bits per heavy atom. The predicted molar refractivity (Wildman–Crippen MR) is 76.6 cm³/mol. The van der Waals surface area contributed by atoms with Crippen LogP contribution in [0, 0.1) is 0 Å². The van der Waals surface area contributed by atoms with Crippen molar-refractivity contribution in [3.05, 3.63) is 22.3 Å². The molecular formula is C13H19BrN4. The van der Waals surface area contributed by atoms with Gasteiger partial charge < -0.3 is 10.6 Å². The van der Waals surface area contributed by atoms with E-state index < -0.39 is 0 Å². The van der Waals surface area contributed by atoms with Crippen molar-refractivity contribution >= 4 is 21.7 Å². The summed E-state index contributed by atoms with van der Waals surface area (Å²) < 4.78 is 1.01. The van der Waals surface area contributed by atoms with Crippen LogP contribution >= 0.6 is 15.9 Å². The molecule has 0 saturated carbocycles. The molecule has 1 unspecified atom stereocenters. The van der Waals surface area contributed by atoms with Gasteiger partial charge in [0.2, 0.25) is 0 Å². The van der Waals surface area contributed by atoms with E-state index in [-0.39, 0.29) is 0 Å². The van der Waals surface area contributed by atoms with Crippen LogP contribution in [0.2, 0.25) is 0 Å². The lowest BCUT2D eigenvalue weighted by Crippen LogP contribution is -2.50. The van der Waals surface area contributed by atoms with Crippen molar-refractivity contribution < 1.29 is 0 Å². The highest BCUT2D eigenvalue weighted by Crippen LogP contribution is 2.27. The maximum atomic E-state index is 5.84. The van der Waals surface area contributed by atoms with E-state index in [2.05, 4.69) is 36.8 Å². The molecular weight excluding hydrogens is 292 g/mol. The second kappa shape index (κ2) is 5.15. The first-order valence-corrected chi connectivity index (χ1v) is 7.40. The van der Waals surface area contributed by atoms with E-state index in [0.717, 1.165) is 41.5 Å². The van der Waals surface area contributed by atoms with Crippen LogP contribution in [-0.4, -0.2) is 42.1 Å². The van der Waals surface area contributed by atoms with Crippen molar-refractivity contribution in [2.45, 2.75) is 25.4 Å². The topological polar surface area (TPSA) is 45.4 Å². The van der Waals surface area contributed by atoms with E-state index in [0.29, 0.717) is 6.54 Å². The molecule has 0 aliphatic carbocycles. The minimum Gasteiger partial charge on any atom is -0.353 e. The molecule has 2 aliphatic heterocycles. The lowest BCUT2D eigenvalue weighted by Gasteiger charge is -2.38. The number of rotatable bonds is 2. The summed E-state index contributed by atoms with van der Waals surface area (Å²) >= 11 is 3.46. The standard InChI is InChI=1S/C13H19BrN4/c14-11-6-10(7-15)13(16-8-11)18-5-4-17-3-1-2-12(17)9-18/h6,8,12H,1-5,7,9,15H2. The molecule has 1 atom stereocenters. The summed E-state index contributed by atoms with van der Waals surface area (Å²) in [4.78, 5) is 9.58. The van der Waals surface area contributed by atoms with E-state index in [1.807, 2.05) is 6.20 Å². The first kappa shape index (κ1) is 12.4. The van der Waals surface area contributed by atoms with Gasteiger partial charge >= 0.3 is 0 Å². The highest BCUT2D eigenvalue weighted by molar-refractivity contribution is 9.10. The molecule has 2 N–H and O–H groups in total. The number of nitrogens with zero attached hydrogens (tertiary/aromatic N) is 3. The maximum absolute atomic E-state index is 5.84. The number of fused-ring (bicyclic) bond motifs is 1. The van der Waals surface area contributed by atoms with E-state index >= 15 is 0 Å². The van der Waals surface area contributed by atoms with Crippen LogP contribution in [0.15, 0.2) is 16.7 Å². The summed E-state index contributed by atoms with van der Waals surface area (Å²) in [6.45, 7) is 5.15. The van der Waals surface area contributed by atoms with Crippen LogP contribution < -0.4 is 10.6 Å². The van der Waals surface area contributed by atoms with Gasteiger partial charge in [-0.15, -0.1) is 0 Å². The van der Waals surface area contributed by atoms with E-state index in [1.54, 1.807) is 0 Å². The Kier molecular flexibility index (Phi) is 3.54. The number of anilines is 1. The summed E-state index contributed by atoms with van der Waals surface area (Å²) in [6.07, 6.45) is 4.54. The van der Waals surface area contributed by atoms with Crippen LogP contribution in [0.1, 0.15) is 18.4 Å². The van der Waals surface area contributed by atoms with Gasteiger partial charge in [-0.05, 0) is 41.4 Å². The Balaban J connectivity index is 1.82. The minimum absolute atomic E-state index is 0.548. The monoisotopic (exact) mass is 310 g/mol. The molecule has 2 fully saturated rings. The first-order chi connectivity index (χ1) is 8.78. The zero-order chi connectivity index (χ0) is 12.5. The normalized spacial score (nSPS) is 24.3. The third kappa shape index (κ3) is 2.27. The zero-order valence-electron chi connectivity index (χ0n) is 10.5. The number of pyridine rings is 1. The molecule has 1 aromatic heterocycles. The average molecular weight is 311 g/mol. The van der Waals surface area contributed by atoms with Crippen molar-refractivity contribution in [1.29, 1.82) is 0 Å². The Morgan fingerprint density at radius 1 is 1.39 bits per heavy atom. The van der Waals surface area contributed by atoms with Crippen molar-refractivity contribution in [2.24, 2.45) is 5.73 Å². The van der Waals surface area contributed by atoms with E-state index in [4.69, 9.17) is 5.73 Å². The van der Waals surface area contributed by atoms with Gasteiger partial charge in [0.25, 0.3) is 0 Å². The molecule has 1 aromatic rings. The highest BCUT2D eigenvalue weighted by Gasteiger charge is 2.31. The van der Waals surface area contributed by atoms with Gasteiger partial charge in [0.15, 0.2) is 0 Å². The molecule has 18 heavy (non-hydrogen) atoms. The van der Waals surface area contributed by atoms with Crippen LogP contribution in [0.3, 0.4) is 0 Å². The smallest absolute Gasteiger partial charge is 0.133 e. The summed E-state index contributed by atoms with van der Waals surface area (Å²) in [7, 11) is 0. The third-order valence-corrected chi connectivity index (χ3v) is 4.45. The largest absolute Gasteiger partial charge is 0.353 e. The molecule has 2 aliphatic rings. The highest BCUT2D eigenvalue weighted by atomic mass is 79.9. The minimum atomic E-state index is 0.548. The first-order valence-electron chi connectivity index (χ1n) is 6.61. The fraction of sp³-hybridized carbons (Fsp3) is 0.615. The van der Waals surface area contributed by atoms with Gasteiger partial charge in [0.05, 0.1) is 0 Å². The Labute approximate surface area is 116 Å². The van der Waals surface area contributed by atoms with Gasteiger partial charge in [-0.25, -0.2) is 4.98 Å². The molecule has 0 radical (unpaired) electrons. The fourth-order valence-electron chi connectivity index (χ4n) is 3.09. The molecule has 0 amide bonds. The lowest BCUT2D eigenvalue weighted by molar-refractivity contribution is 0.230. The molecule has 2 saturated heterocycles. The number of piperazine rings is 1. The van der Waals surface area contributed by atoms with Crippen molar-refractivity contribution in [3.8, 4) is 0 Å². The quantitative estimate of drug-likeness (QED) is 0.901. The second-order valence-corrected chi connectivity index (χ2v) is 6.03. The number of nitrogens with two attached hydrogens (primary N) is 1. The molecule has 3 heterocycles. The summed E-state index contributed by atoms with van der Waals surface area (Å²) in [5.41, 5.74) is 6.97. The van der Waals surface area contributed by atoms with Crippen LogP contribution in [-0.2, 0) is 6.54 Å². The molecule has 4 nitrogen and oxygen atoms in total. The third-order valence-electron chi connectivity index (χ3n) is 4.02. The van der Waals surface area contributed by atoms with Crippen molar-refractivity contribution in [3.63, 3.8) is 0 Å². The molecule has 0 bridgehead atoms.